The van der Waals surface area contributed by atoms with Crippen LogP contribution in [-0.2, 0) is 0 Å². The molecule has 1 unspecified atom stereocenters. The Balaban J connectivity index is 2.10. The van der Waals surface area contributed by atoms with Gasteiger partial charge in [-0.1, -0.05) is 24.3 Å². The second kappa shape index (κ2) is 4.81. The first-order valence-corrected chi connectivity index (χ1v) is 6.78. The van der Waals surface area contributed by atoms with E-state index in [2.05, 4.69) is 57.3 Å². The zero-order chi connectivity index (χ0) is 12.5. The number of nitrogens with one attached hydrogen (secondary N) is 1. The van der Waals surface area contributed by atoms with E-state index < -0.39 is 0 Å². The minimum absolute atomic E-state index is 0.218. The molecule has 1 aliphatic carbocycles. The van der Waals surface area contributed by atoms with Gasteiger partial charge in [0.1, 0.15) is 0 Å². The lowest BCUT2D eigenvalue weighted by molar-refractivity contribution is 0.393. The van der Waals surface area contributed by atoms with Crippen molar-refractivity contribution in [1.29, 1.82) is 0 Å². The van der Waals surface area contributed by atoms with Crippen LogP contribution in [-0.4, -0.2) is 12.1 Å². The van der Waals surface area contributed by atoms with E-state index in [9.17, 15) is 0 Å². The van der Waals surface area contributed by atoms with Crippen molar-refractivity contribution in [3.8, 4) is 0 Å². The smallest absolute Gasteiger partial charge is 0.00967 e. The molecule has 1 fully saturated rings. The molecule has 1 nitrogen and oxygen atoms in total. The van der Waals surface area contributed by atoms with Crippen LogP contribution in [0.1, 0.15) is 50.7 Å². The summed E-state index contributed by atoms with van der Waals surface area (Å²) in [5, 5.41) is 3.67. The molecule has 2 rings (SSSR count). The van der Waals surface area contributed by atoms with Crippen molar-refractivity contribution in [2.24, 2.45) is 5.92 Å². The molecule has 0 amide bonds. The average molecular weight is 231 g/mol. The maximum Gasteiger partial charge on any atom is 0.00967 e. The summed E-state index contributed by atoms with van der Waals surface area (Å²) in [5.74, 6) is 1.61. The van der Waals surface area contributed by atoms with Crippen LogP contribution in [0.2, 0.25) is 0 Å². The standard InChI is InChI=1S/C16H25N/c1-12-7-5-6-8-14(12)15(13-9-10-13)11-17-16(2,3)4/h5-8,13,15,17H,9-11H2,1-4H3. The van der Waals surface area contributed by atoms with Crippen molar-refractivity contribution >= 4 is 0 Å². The molecule has 1 aromatic rings. The molecule has 17 heavy (non-hydrogen) atoms. The van der Waals surface area contributed by atoms with Crippen LogP contribution >= 0.6 is 0 Å². The van der Waals surface area contributed by atoms with Gasteiger partial charge < -0.3 is 5.32 Å². The molecule has 0 heterocycles. The van der Waals surface area contributed by atoms with E-state index >= 15 is 0 Å². The summed E-state index contributed by atoms with van der Waals surface area (Å²) in [6.45, 7) is 10.1. The largest absolute Gasteiger partial charge is 0.311 e. The highest BCUT2D eigenvalue weighted by Crippen LogP contribution is 2.43. The van der Waals surface area contributed by atoms with E-state index in [4.69, 9.17) is 0 Å². The van der Waals surface area contributed by atoms with E-state index in [1.165, 1.54) is 18.4 Å². The lowest BCUT2D eigenvalue weighted by Crippen LogP contribution is -2.39. The van der Waals surface area contributed by atoms with Gasteiger partial charge in [0.2, 0.25) is 0 Å². The lowest BCUT2D eigenvalue weighted by atomic mass is 9.90. The van der Waals surface area contributed by atoms with Gasteiger partial charge in [-0.05, 0) is 63.5 Å². The van der Waals surface area contributed by atoms with Gasteiger partial charge >= 0.3 is 0 Å². The Hall–Kier alpha value is -0.820. The van der Waals surface area contributed by atoms with Gasteiger partial charge in [0.25, 0.3) is 0 Å². The van der Waals surface area contributed by atoms with Crippen molar-refractivity contribution in [3.05, 3.63) is 35.4 Å². The predicted molar refractivity (Wildman–Crippen MR) is 74.4 cm³/mol. The molecule has 1 atom stereocenters. The molecule has 1 saturated carbocycles. The predicted octanol–water partition coefficient (Wildman–Crippen LogP) is 3.88. The van der Waals surface area contributed by atoms with Crippen LogP contribution < -0.4 is 5.32 Å². The van der Waals surface area contributed by atoms with E-state index in [0.29, 0.717) is 5.92 Å². The highest BCUT2D eigenvalue weighted by Gasteiger charge is 2.33. The van der Waals surface area contributed by atoms with Crippen LogP contribution in [0.4, 0.5) is 0 Å². The van der Waals surface area contributed by atoms with E-state index in [1.54, 1.807) is 5.56 Å². The van der Waals surface area contributed by atoms with E-state index in [0.717, 1.165) is 12.5 Å². The molecule has 1 N–H and O–H groups in total. The van der Waals surface area contributed by atoms with Crippen molar-refractivity contribution in [2.45, 2.75) is 52.0 Å². The molecule has 1 aromatic carbocycles. The Kier molecular flexibility index (Phi) is 3.58. The summed E-state index contributed by atoms with van der Waals surface area (Å²) in [7, 11) is 0. The molecule has 0 saturated heterocycles. The maximum atomic E-state index is 3.67. The van der Waals surface area contributed by atoms with Gasteiger partial charge in [0.05, 0.1) is 0 Å². The Morgan fingerprint density at radius 3 is 2.41 bits per heavy atom. The van der Waals surface area contributed by atoms with E-state index in [1.807, 2.05) is 0 Å². The van der Waals surface area contributed by atoms with Crippen LogP contribution in [0.15, 0.2) is 24.3 Å². The SMILES string of the molecule is Cc1ccccc1C(CNC(C)(C)C)C1CC1. The Bertz CT molecular complexity index is 371. The van der Waals surface area contributed by atoms with Gasteiger partial charge in [0.15, 0.2) is 0 Å². The van der Waals surface area contributed by atoms with Crippen LogP contribution in [0.3, 0.4) is 0 Å². The van der Waals surface area contributed by atoms with Crippen molar-refractivity contribution < 1.29 is 0 Å². The Morgan fingerprint density at radius 2 is 1.88 bits per heavy atom. The Labute approximate surface area is 106 Å². The summed E-state index contributed by atoms with van der Waals surface area (Å²) in [4.78, 5) is 0. The Morgan fingerprint density at radius 1 is 1.24 bits per heavy atom. The maximum absolute atomic E-state index is 3.67. The van der Waals surface area contributed by atoms with Gasteiger partial charge in [-0.15, -0.1) is 0 Å². The lowest BCUT2D eigenvalue weighted by Gasteiger charge is -2.26. The molecule has 0 aromatic heterocycles. The normalized spacial score (nSPS) is 18.1. The number of hydrogen-bond acceptors (Lipinski definition) is 1. The van der Waals surface area contributed by atoms with Gasteiger partial charge in [0, 0.05) is 12.1 Å². The first kappa shape index (κ1) is 12.6. The number of benzene rings is 1. The first-order valence-electron chi connectivity index (χ1n) is 6.78. The molecular weight excluding hydrogens is 206 g/mol. The summed E-state index contributed by atoms with van der Waals surface area (Å²) in [5.41, 5.74) is 3.21. The molecule has 0 bridgehead atoms. The second-order valence-corrected chi connectivity index (χ2v) is 6.43. The summed E-state index contributed by atoms with van der Waals surface area (Å²) < 4.78 is 0. The molecule has 1 heteroatoms. The zero-order valence-corrected chi connectivity index (χ0v) is 11.6. The van der Waals surface area contributed by atoms with Crippen LogP contribution in [0, 0.1) is 12.8 Å². The molecule has 1 aliphatic rings. The third-order valence-corrected chi connectivity index (χ3v) is 3.63. The fourth-order valence-electron chi connectivity index (χ4n) is 2.45. The van der Waals surface area contributed by atoms with Gasteiger partial charge in [-0.3, -0.25) is 0 Å². The van der Waals surface area contributed by atoms with Crippen molar-refractivity contribution in [1.82, 2.24) is 5.32 Å². The van der Waals surface area contributed by atoms with E-state index in [-0.39, 0.29) is 5.54 Å². The van der Waals surface area contributed by atoms with Crippen molar-refractivity contribution in [3.63, 3.8) is 0 Å². The highest BCUT2D eigenvalue weighted by molar-refractivity contribution is 5.31. The third kappa shape index (κ3) is 3.57. The zero-order valence-electron chi connectivity index (χ0n) is 11.6. The fraction of sp³-hybridized carbons (Fsp3) is 0.625. The quantitative estimate of drug-likeness (QED) is 0.829. The molecule has 0 spiro atoms. The number of aryl methyl sites for hydroxylation is 1. The van der Waals surface area contributed by atoms with Gasteiger partial charge in [-0.25, -0.2) is 0 Å². The van der Waals surface area contributed by atoms with Crippen molar-refractivity contribution in [2.75, 3.05) is 6.54 Å². The van der Waals surface area contributed by atoms with Crippen LogP contribution in [0.5, 0.6) is 0 Å². The summed E-state index contributed by atoms with van der Waals surface area (Å²) in [6.07, 6.45) is 2.82. The van der Waals surface area contributed by atoms with Crippen LogP contribution in [0.25, 0.3) is 0 Å². The second-order valence-electron chi connectivity index (χ2n) is 6.43. The molecular formula is C16H25N. The topological polar surface area (TPSA) is 12.0 Å². The average Bonchev–Trinajstić information content (AvgIpc) is 3.03. The molecule has 0 aliphatic heterocycles. The summed E-state index contributed by atoms with van der Waals surface area (Å²) >= 11 is 0. The fourth-order valence-corrected chi connectivity index (χ4v) is 2.45. The highest BCUT2D eigenvalue weighted by atomic mass is 14.9. The van der Waals surface area contributed by atoms with Gasteiger partial charge in [-0.2, -0.15) is 0 Å². The minimum atomic E-state index is 0.218. The minimum Gasteiger partial charge on any atom is -0.311 e. The monoisotopic (exact) mass is 231 g/mol. The summed E-state index contributed by atoms with van der Waals surface area (Å²) in [6, 6.07) is 8.86. The molecule has 0 radical (unpaired) electrons. The number of hydrogen-bond donors (Lipinski definition) is 1. The molecule has 94 valence electrons. The third-order valence-electron chi connectivity index (χ3n) is 3.63. The first-order chi connectivity index (χ1) is 7.97. The number of rotatable bonds is 4.